The Morgan fingerprint density at radius 2 is 1.81 bits per heavy atom. The molecule has 36 heavy (non-hydrogen) atoms. The standard InChI is InChI=1S/C26H31FNO5P.2Na/c1-17(2)26-22(12-13-34(32,33)16-21(29)14-25(30)31)23(18-8-10-20(27)11-9-18)15-24(28-26)19-6-4-3-5-7-19;;/h8-11,15,17,19,21,29H,3-7,14,16H2,1-2H3,(H,30,31)(H,32,33);;/q;2*+1/p-2/t21-;;/m1../s1. The van der Waals surface area contributed by atoms with E-state index < -0.39 is 32.0 Å². The number of pyridine rings is 1. The Hall–Kier alpha value is -0.520. The molecule has 0 radical (unpaired) electrons. The molecule has 0 spiro atoms. The van der Waals surface area contributed by atoms with Gasteiger partial charge in [-0.3, -0.25) is 4.98 Å². The van der Waals surface area contributed by atoms with Crippen LogP contribution in [0.2, 0.25) is 0 Å². The molecule has 182 valence electrons. The number of benzene rings is 1. The third-order valence-electron chi connectivity index (χ3n) is 6.00. The number of nitrogens with zero attached hydrogens (tertiary/aromatic N) is 1. The van der Waals surface area contributed by atoms with Crippen LogP contribution in [0, 0.1) is 17.4 Å². The number of rotatable bonds is 7. The Kier molecular flexibility index (Phi) is 14.1. The van der Waals surface area contributed by atoms with Gasteiger partial charge in [-0.15, -0.1) is 0 Å². The monoisotopic (exact) mass is 531 g/mol. The van der Waals surface area contributed by atoms with Crippen LogP contribution < -0.4 is 69.1 Å². The summed E-state index contributed by atoms with van der Waals surface area (Å²) in [6, 6.07) is 7.88. The zero-order valence-corrected chi connectivity index (χ0v) is 26.3. The molecule has 1 aliphatic rings. The Morgan fingerprint density at radius 1 is 1.19 bits per heavy atom. The van der Waals surface area contributed by atoms with E-state index in [0.29, 0.717) is 28.3 Å². The van der Waals surface area contributed by atoms with Crippen LogP contribution in [-0.2, 0) is 9.36 Å². The predicted octanol–water partition coefficient (Wildman–Crippen LogP) is -2.48. The van der Waals surface area contributed by atoms with E-state index in [1.54, 1.807) is 12.1 Å². The van der Waals surface area contributed by atoms with E-state index in [0.717, 1.165) is 31.4 Å². The molecule has 10 heteroatoms. The molecule has 2 aromatic rings. The van der Waals surface area contributed by atoms with Crippen molar-refractivity contribution >= 4 is 13.3 Å². The smallest absolute Gasteiger partial charge is 0.790 e. The Bertz CT molecular complexity index is 1140. The number of carbonyl (C=O) groups is 1. The fourth-order valence-corrected chi connectivity index (χ4v) is 5.38. The first-order valence-electron chi connectivity index (χ1n) is 11.6. The number of aromatic nitrogens is 1. The van der Waals surface area contributed by atoms with Gasteiger partial charge >= 0.3 is 59.1 Å². The molecule has 1 aromatic carbocycles. The molecular weight excluding hydrogens is 502 g/mol. The molecule has 1 saturated carbocycles. The summed E-state index contributed by atoms with van der Waals surface area (Å²) < 4.78 is 26.1. The third kappa shape index (κ3) is 9.66. The van der Waals surface area contributed by atoms with Gasteiger partial charge in [0.05, 0.1) is 24.7 Å². The van der Waals surface area contributed by atoms with Gasteiger partial charge in [-0.25, -0.2) is 4.39 Å². The second kappa shape index (κ2) is 15.2. The van der Waals surface area contributed by atoms with E-state index in [9.17, 15) is 28.9 Å². The van der Waals surface area contributed by atoms with Gasteiger partial charge in [0, 0.05) is 35.7 Å². The van der Waals surface area contributed by atoms with Crippen LogP contribution >= 0.6 is 7.37 Å². The second-order valence-corrected chi connectivity index (χ2v) is 11.1. The predicted molar refractivity (Wildman–Crippen MR) is 125 cm³/mol. The quantitative estimate of drug-likeness (QED) is 0.241. The van der Waals surface area contributed by atoms with Crippen LogP contribution in [0.3, 0.4) is 0 Å². The Morgan fingerprint density at radius 3 is 2.36 bits per heavy atom. The van der Waals surface area contributed by atoms with Gasteiger partial charge in [0.25, 0.3) is 0 Å². The molecule has 0 aliphatic heterocycles. The van der Waals surface area contributed by atoms with Crippen LogP contribution in [0.4, 0.5) is 4.39 Å². The second-order valence-electron chi connectivity index (χ2n) is 9.17. The Labute approximate surface area is 256 Å². The molecule has 1 unspecified atom stereocenters. The summed E-state index contributed by atoms with van der Waals surface area (Å²) in [4.78, 5) is 28.0. The zero-order valence-electron chi connectivity index (χ0n) is 21.4. The van der Waals surface area contributed by atoms with Gasteiger partial charge in [-0.2, -0.15) is 0 Å². The maximum atomic E-state index is 13.6. The summed E-state index contributed by atoms with van der Waals surface area (Å²) in [5.41, 5.74) is 5.67. The molecule has 3 rings (SSSR count). The normalized spacial score (nSPS) is 16.1. The van der Waals surface area contributed by atoms with Crippen molar-refractivity contribution in [1.29, 1.82) is 0 Å². The fraction of sp³-hybridized carbons (Fsp3) is 0.462. The van der Waals surface area contributed by atoms with Crippen molar-refractivity contribution in [2.75, 3.05) is 6.16 Å². The number of hydrogen-bond acceptors (Lipinski definition) is 6. The number of carbonyl (C=O) groups excluding carboxylic acids is 1. The zero-order chi connectivity index (χ0) is 24.9. The van der Waals surface area contributed by atoms with E-state index in [2.05, 4.69) is 11.6 Å². The van der Waals surface area contributed by atoms with Crippen molar-refractivity contribution in [3.63, 3.8) is 0 Å². The van der Waals surface area contributed by atoms with E-state index in [1.165, 1.54) is 18.6 Å². The number of carboxylic acids is 1. The first-order valence-corrected chi connectivity index (χ1v) is 13.4. The van der Waals surface area contributed by atoms with Crippen molar-refractivity contribution in [2.24, 2.45) is 0 Å². The molecule has 1 aliphatic carbocycles. The van der Waals surface area contributed by atoms with Crippen LogP contribution in [0.15, 0.2) is 30.3 Å². The summed E-state index contributed by atoms with van der Waals surface area (Å²) in [5.74, 6) is 1.08. The minimum Gasteiger partial charge on any atom is -0.790 e. The van der Waals surface area contributed by atoms with Gasteiger partial charge in [0.2, 0.25) is 0 Å². The van der Waals surface area contributed by atoms with Gasteiger partial charge in [0.15, 0.2) is 0 Å². The van der Waals surface area contributed by atoms with E-state index >= 15 is 0 Å². The minimum atomic E-state index is -4.42. The number of aliphatic carboxylic acids is 1. The summed E-state index contributed by atoms with van der Waals surface area (Å²) in [6.45, 7) is 3.90. The molecule has 0 bridgehead atoms. The number of aliphatic hydroxyl groups excluding tert-OH is 1. The molecule has 1 heterocycles. The maximum absolute atomic E-state index is 13.6. The topological polar surface area (TPSA) is 113 Å². The first kappa shape index (κ1) is 33.5. The number of aliphatic hydroxyl groups is 1. The maximum Gasteiger partial charge on any atom is 1.00 e. The van der Waals surface area contributed by atoms with E-state index in [1.807, 2.05) is 19.9 Å². The summed E-state index contributed by atoms with van der Waals surface area (Å²) >= 11 is 0. The van der Waals surface area contributed by atoms with Crippen LogP contribution in [-0.4, -0.2) is 28.3 Å². The fourth-order valence-electron chi connectivity index (χ4n) is 4.32. The Balaban J connectivity index is 0.00000324. The molecule has 0 amide bonds. The molecule has 6 nitrogen and oxygen atoms in total. The van der Waals surface area contributed by atoms with E-state index in [-0.39, 0.29) is 70.8 Å². The van der Waals surface area contributed by atoms with Crippen molar-refractivity contribution < 1.29 is 88.0 Å². The summed E-state index contributed by atoms with van der Waals surface area (Å²) in [6.07, 6.45) is 2.35. The summed E-state index contributed by atoms with van der Waals surface area (Å²) in [5, 5.41) is 20.4. The summed E-state index contributed by atoms with van der Waals surface area (Å²) in [7, 11) is -4.42. The molecule has 1 fully saturated rings. The third-order valence-corrected chi connectivity index (χ3v) is 7.35. The SMILES string of the molecule is CC(C)c1nc(C2CCCCC2)cc(-c2ccc(F)cc2)c1C#CP(=O)([O-])C[C@H](O)CC(=O)[O-].[Na+].[Na+]. The molecule has 0 saturated heterocycles. The minimum absolute atomic E-state index is 0. The molecule has 1 aromatic heterocycles. The average Bonchev–Trinajstić information content (AvgIpc) is 2.77. The molecular formula is C26H29FNNa2O5P. The van der Waals surface area contributed by atoms with Gasteiger partial charge in [-0.05, 0) is 48.2 Å². The first-order chi connectivity index (χ1) is 16.1. The van der Waals surface area contributed by atoms with Crippen LogP contribution in [0.25, 0.3) is 11.1 Å². The van der Waals surface area contributed by atoms with Gasteiger partial charge in [-0.1, -0.05) is 51.2 Å². The van der Waals surface area contributed by atoms with Gasteiger partial charge < -0.3 is 24.5 Å². The molecule has 1 N–H and O–H groups in total. The van der Waals surface area contributed by atoms with Crippen LogP contribution in [0.1, 0.15) is 81.2 Å². The van der Waals surface area contributed by atoms with E-state index in [4.69, 9.17) is 4.98 Å². The van der Waals surface area contributed by atoms with Crippen LogP contribution in [0.5, 0.6) is 0 Å². The molecule has 2 atom stereocenters. The largest absolute Gasteiger partial charge is 1.00 e. The van der Waals surface area contributed by atoms with Crippen molar-refractivity contribution in [3.8, 4) is 22.7 Å². The van der Waals surface area contributed by atoms with Crippen molar-refractivity contribution in [3.05, 3.63) is 53.1 Å². The number of halogens is 1. The number of carboxylic acid groups (broad SMARTS) is 1. The average molecular weight is 531 g/mol. The van der Waals surface area contributed by atoms with Crippen molar-refractivity contribution in [2.45, 2.75) is 70.3 Å². The van der Waals surface area contributed by atoms with Crippen molar-refractivity contribution in [1.82, 2.24) is 4.98 Å². The number of hydrogen-bond donors (Lipinski definition) is 1. The van der Waals surface area contributed by atoms with Gasteiger partial charge in [0.1, 0.15) is 5.82 Å².